The molecule has 6 rings (SSSR count). The maximum atomic E-state index is 13.4. The van der Waals surface area contributed by atoms with Gasteiger partial charge in [0.1, 0.15) is 11.6 Å². The van der Waals surface area contributed by atoms with Gasteiger partial charge in [0.25, 0.3) is 5.91 Å². The van der Waals surface area contributed by atoms with E-state index in [1.807, 2.05) is 37.4 Å². The zero-order valence-corrected chi connectivity index (χ0v) is 21.4. The van der Waals surface area contributed by atoms with Crippen LogP contribution in [-0.2, 0) is 23.7 Å². The fourth-order valence-corrected chi connectivity index (χ4v) is 6.85. The topological polar surface area (TPSA) is 92.8 Å². The first-order chi connectivity index (χ1) is 17.2. The molecule has 2 aromatic carbocycles. The number of fused-ring (bicyclic) bond motifs is 5. The molecule has 0 aliphatic heterocycles. The number of aromatic amines is 1. The SMILES string of the molecule is COc1cc2c(cc1C(=O)Nc1ccc3[nH]ncc3c1)CCC1C(C)(C)c3nc(C)ncc3C[C@]21C. The summed E-state index contributed by atoms with van der Waals surface area (Å²) in [6, 6.07) is 9.84. The number of amides is 1. The third-order valence-electron chi connectivity index (χ3n) is 8.48. The lowest BCUT2D eigenvalue weighted by atomic mass is 9.50. The Bertz CT molecular complexity index is 1520. The highest BCUT2D eigenvalue weighted by atomic mass is 16.5. The van der Waals surface area contributed by atoms with Gasteiger partial charge in [-0.1, -0.05) is 20.8 Å². The molecule has 1 unspecified atom stereocenters. The molecule has 0 spiro atoms. The normalized spacial score (nSPS) is 21.9. The first kappa shape index (κ1) is 22.7. The lowest BCUT2D eigenvalue weighted by molar-refractivity contribution is 0.102. The third-order valence-corrected chi connectivity index (χ3v) is 8.48. The lowest BCUT2D eigenvalue weighted by Crippen LogP contribution is -2.52. The number of aromatic nitrogens is 4. The van der Waals surface area contributed by atoms with E-state index in [1.54, 1.807) is 13.3 Å². The van der Waals surface area contributed by atoms with Crippen molar-refractivity contribution in [3.63, 3.8) is 0 Å². The molecule has 2 aromatic heterocycles. The van der Waals surface area contributed by atoms with Gasteiger partial charge >= 0.3 is 0 Å². The van der Waals surface area contributed by atoms with Crippen LogP contribution in [-0.4, -0.2) is 33.2 Å². The van der Waals surface area contributed by atoms with E-state index in [0.29, 0.717) is 17.2 Å². The summed E-state index contributed by atoms with van der Waals surface area (Å²) in [4.78, 5) is 22.8. The summed E-state index contributed by atoms with van der Waals surface area (Å²) >= 11 is 0. The maximum absolute atomic E-state index is 13.4. The number of aryl methyl sites for hydroxylation is 2. The van der Waals surface area contributed by atoms with Crippen LogP contribution >= 0.6 is 0 Å². The average molecular weight is 482 g/mol. The van der Waals surface area contributed by atoms with Crippen molar-refractivity contribution < 1.29 is 9.53 Å². The molecule has 2 heterocycles. The van der Waals surface area contributed by atoms with Gasteiger partial charge in [0.05, 0.1) is 30.1 Å². The molecule has 7 nitrogen and oxygen atoms in total. The van der Waals surface area contributed by atoms with Crippen LogP contribution in [0.15, 0.2) is 42.7 Å². The predicted molar refractivity (Wildman–Crippen MR) is 140 cm³/mol. The predicted octanol–water partition coefficient (Wildman–Crippen LogP) is 5.28. The third kappa shape index (κ3) is 3.33. The number of ether oxygens (including phenoxy) is 1. The number of nitrogens with one attached hydrogen (secondary N) is 2. The maximum Gasteiger partial charge on any atom is 0.259 e. The Morgan fingerprint density at radius 3 is 2.78 bits per heavy atom. The highest BCUT2D eigenvalue weighted by Gasteiger charge is 2.53. The van der Waals surface area contributed by atoms with Gasteiger partial charge in [0.15, 0.2) is 0 Å². The van der Waals surface area contributed by atoms with Crippen molar-refractivity contribution in [3.8, 4) is 5.75 Å². The van der Waals surface area contributed by atoms with Gasteiger partial charge in [0.2, 0.25) is 0 Å². The van der Waals surface area contributed by atoms with Gasteiger partial charge in [-0.05, 0) is 79.1 Å². The van der Waals surface area contributed by atoms with E-state index >= 15 is 0 Å². The molecule has 4 aromatic rings. The number of carbonyl (C=O) groups excluding carboxylic acids is 1. The van der Waals surface area contributed by atoms with E-state index in [2.05, 4.69) is 47.3 Å². The minimum Gasteiger partial charge on any atom is -0.496 e. The van der Waals surface area contributed by atoms with Crippen molar-refractivity contribution in [2.75, 3.05) is 12.4 Å². The number of benzene rings is 2. The van der Waals surface area contributed by atoms with Gasteiger partial charge in [0, 0.05) is 28.1 Å². The van der Waals surface area contributed by atoms with Gasteiger partial charge in [-0.25, -0.2) is 9.97 Å². The van der Waals surface area contributed by atoms with Crippen molar-refractivity contribution in [2.45, 2.75) is 57.8 Å². The second-order valence-electron chi connectivity index (χ2n) is 11.0. The van der Waals surface area contributed by atoms with E-state index in [-0.39, 0.29) is 16.7 Å². The van der Waals surface area contributed by atoms with Crippen LogP contribution in [0, 0.1) is 12.8 Å². The molecule has 0 radical (unpaired) electrons. The van der Waals surface area contributed by atoms with Crippen molar-refractivity contribution in [1.29, 1.82) is 0 Å². The van der Waals surface area contributed by atoms with E-state index in [1.165, 1.54) is 22.4 Å². The number of H-pyrrole nitrogens is 1. The van der Waals surface area contributed by atoms with Crippen LogP contribution in [0.2, 0.25) is 0 Å². The number of methoxy groups -OCH3 is 1. The van der Waals surface area contributed by atoms with Crippen LogP contribution in [0.3, 0.4) is 0 Å². The number of hydrogen-bond donors (Lipinski definition) is 2. The van der Waals surface area contributed by atoms with Crippen molar-refractivity contribution >= 4 is 22.5 Å². The Kier molecular flexibility index (Phi) is 4.97. The van der Waals surface area contributed by atoms with Crippen LogP contribution in [0.1, 0.15) is 65.8 Å². The Morgan fingerprint density at radius 2 is 1.97 bits per heavy atom. The molecule has 0 bridgehead atoms. The molecule has 0 saturated heterocycles. The van der Waals surface area contributed by atoms with Crippen molar-refractivity contribution in [3.05, 3.63) is 76.5 Å². The minimum absolute atomic E-state index is 0.0806. The van der Waals surface area contributed by atoms with Crippen LogP contribution < -0.4 is 10.1 Å². The van der Waals surface area contributed by atoms with Crippen molar-refractivity contribution in [2.24, 2.45) is 5.92 Å². The lowest BCUT2D eigenvalue weighted by Gasteiger charge is -2.54. The minimum atomic E-state index is -0.178. The molecule has 36 heavy (non-hydrogen) atoms. The number of anilines is 1. The molecule has 184 valence electrons. The summed E-state index contributed by atoms with van der Waals surface area (Å²) in [6.07, 6.45) is 6.60. The van der Waals surface area contributed by atoms with Gasteiger partial charge in [-0.3, -0.25) is 9.89 Å². The van der Waals surface area contributed by atoms with Crippen LogP contribution in [0.25, 0.3) is 10.9 Å². The fraction of sp³-hybridized carbons (Fsp3) is 0.379. The van der Waals surface area contributed by atoms with Crippen molar-refractivity contribution in [1.82, 2.24) is 20.2 Å². The molecular formula is C29H31N5O2. The number of nitrogens with zero attached hydrogens (tertiary/aromatic N) is 3. The molecule has 0 saturated carbocycles. The second-order valence-corrected chi connectivity index (χ2v) is 11.0. The largest absolute Gasteiger partial charge is 0.496 e. The second kappa shape index (κ2) is 7.88. The van der Waals surface area contributed by atoms with Crippen LogP contribution in [0.5, 0.6) is 5.75 Å². The summed E-state index contributed by atoms with van der Waals surface area (Å²) < 4.78 is 5.79. The molecular weight excluding hydrogens is 450 g/mol. The fourth-order valence-electron chi connectivity index (χ4n) is 6.85. The highest BCUT2D eigenvalue weighted by Crippen LogP contribution is 2.56. The summed E-state index contributed by atoms with van der Waals surface area (Å²) in [5.74, 6) is 1.67. The van der Waals surface area contributed by atoms with Gasteiger partial charge in [-0.15, -0.1) is 0 Å². The smallest absolute Gasteiger partial charge is 0.259 e. The molecule has 2 N–H and O–H groups in total. The number of carbonyl (C=O) groups is 1. The number of rotatable bonds is 3. The van der Waals surface area contributed by atoms with Gasteiger partial charge < -0.3 is 10.1 Å². The molecule has 0 fully saturated rings. The molecule has 7 heteroatoms. The van der Waals surface area contributed by atoms with E-state index in [4.69, 9.17) is 9.72 Å². The Morgan fingerprint density at radius 1 is 1.14 bits per heavy atom. The monoisotopic (exact) mass is 481 g/mol. The zero-order valence-electron chi connectivity index (χ0n) is 21.4. The zero-order chi connectivity index (χ0) is 25.2. The molecule has 2 aliphatic carbocycles. The summed E-state index contributed by atoms with van der Waals surface area (Å²) in [5.41, 5.74) is 6.91. The quantitative estimate of drug-likeness (QED) is 0.416. The highest BCUT2D eigenvalue weighted by molar-refractivity contribution is 6.07. The standard InChI is InChI=1S/C29H31N5O2/c1-16-30-14-19-13-29(4)22-12-24(36-5)21(11-17(22)6-9-25(29)28(2,3)26(19)32-16)27(35)33-20-7-8-23-18(10-20)15-31-34-23/h7-8,10-12,14-15,25H,6,9,13H2,1-5H3,(H,31,34)(H,33,35)/t25?,29-/m1/s1. The Hall–Kier alpha value is -3.74. The Labute approximate surface area is 210 Å². The van der Waals surface area contributed by atoms with E-state index < -0.39 is 0 Å². The molecule has 2 aliphatic rings. The first-order valence-electron chi connectivity index (χ1n) is 12.5. The van der Waals surface area contributed by atoms with Gasteiger partial charge in [-0.2, -0.15) is 5.10 Å². The number of hydrogen-bond acceptors (Lipinski definition) is 5. The molecule has 1 amide bonds. The first-order valence-corrected chi connectivity index (χ1v) is 12.5. The van der Waals surface area contributed by atoms with Crippen LogP contribution in [0.4, 0.5) is 5.69 Å². The average Bonchev–Trinajstić information content (AvgIpc) is 3.32. The van der Waals surface area contributed by atoms with E-state index in [9.17, 15) is 4.79 Å². The molecule has 2 atom stereocenters. The summed E-state index contributed by atoms with van der Waals surface area (Å²) in [5, 5.41) is 11.0. The summed E-state index contributed by atoms with van der Waals surface area (Å²) in [6.45, 7) is 8.97. The Balaban J connectivity index is 1.39. The summed E-state index contributed by atoms with van der Waals surface area (Å²) in [7, 11) is 1.63. The van der Waals surface area contributed by atoms with E-state index in [0.717, 1.165) is 41.7 Å².